The molecule has 0 atom stereocenters. The lowest BCUT2D eigenvalue weighted by Crippen LogP contribution is -2.36. The molecule has 1 N–H and O–H groups in total. The second kappa shape index (κ2) is 12.2. The molecule has 2 amide bonds. The summed E-state index contributed by atoms with van der Waals surface area (Å²) in [6, 6.07) is 24.0. The third-order valence-electron chi connectivity index (χ3n) is 7.75. The smallest absolute Gasteiger partial charge is 0.256 e. The van der Waals surface area contributed by atoms with Gasteiger partial charge in [0.25, 0.3) is 5.91 Å². The summed E-state index contributed by atoms with van der Waals surface area (Å²) in [5.74, 6) is 1.38. The van der Waals surface area contributed by atoms with E-state index in [-0.39, 0.29) is 18.2 Å². The first-order valence-corrected chi connectivity index (χ1v) is 13.7. The van der Waals surface area contributed by atoms with Gasteiger partial charge in [0.05, 0.1) is 19.1 Å². The summed E-state index contributed by atoms with van der Waals surface area (Å²) in [4.78, 5) is 30.7. The Morgan fingerprint density at radius 2 is 1.58 bits per heavy atom. The second-order valence-electron chi connectivity index (χ2n) is 10.4. The van der Waals surface area contributed by atoms with Crippen LogP contribution in [0.4, 0.5) is 11.4 Å². The third kappa shape index (κ3) is 6.36. The molecule has 0 spiro atoms. The van der Waals surface area contributed by atoms with Crippen LogP contribution >= 0.6 is 0 Å². The molecule has 0 saturated carbocycles. The molecule has 2 aliphatic rings. The predicted molar refractivity (Wildman–Crippen MR) is 152 cm³/mol. The van der Waals surface area contributed by atoms with E-state index in [1.165, 1.54) is 5.56 Å². The third-order valence-corrected chi connectivity index (χ3v) is 7.75. The summed E-state index contributed by atoms with van der Waals surface area (Å²) >= 11 is 0. The first-order chi connectivity index (χ1) is 18.6. The van der Waals surface area contributed by atoms with Crippen LogP contribution in [-0.2, 0) is 17.6 Å². The van der Waals surface area contributed by atoms with E-state index < -0.39 is 0 Å². The molecule has 0 aromatic heterocycles. The zero-order valence-electron chi connectivity index (χ0n) is 22.2. The summed E-state index contributed by atoms with van der Waals surface area (Å²) in [5, 5.41) is 3.01. The lowest BCUT2D eigenvalue weighted by Gasteiger charge is -2.35. The molecule has 0 aliphatic carbocycles. The zero-order valence-corrected chi connectivity index (χ0v) is 22.2. The quantitative estimate of drug-likeness (QED) is 0.429. The number of benzene rings is 3. The maximum Gasteiger partial charge on any atom is 0.256 e. The van der Waals surface area contributed by atoms with Crippen molar-refractivity contribution >= 4 is 23.2 Å². The van der Waals surface area contributed by atoms with Crippen LogP contribution < -0.4 is 15.0 Å². The molecule has 0 unspecified atom stereocenters. The van der Waals surface area contributed by atoms with Gasteiger partial charge in [0.2, 0.25) is 5.91 Å². The van der Waals surface area contributed by atoms with E-state index in [2.05, 4.69) is 40.5 Å². The van der Waals surface area contributed by atoms with E-state index in [1.807, 2.05) is 47.4 Å². The Bertz CT molecular complexity index is 1230. The van der Waals surface area contributed by atoms with E-state index in [0.717, 1.165) is 75.3 Å². The average molecular weight is 512 g/mol. The number of nitrogens with zero attached hydrogens (tertiary/aromatic N) is 2. The van der Waals surface area contributed by atoms with Crippen molar-refractivity contribution in [2.45, 2.75) is 38.5 Å². The molecular weight excluding hydrogens is 474 g/mol. The Morgan fingerprint density at radius 1 is 0.868 bits per heavy atom. The molecule has 2 aliphatic heterocycles. The van der Waals surface area contributed by atoms with Crippen LogP contribution in [-0.4, -0.2) is 50.0 Å². The first-order valence-electron chi connectivity index (χ1n) is 13.7. The number of anilines is 2. The topological polar surface area (TPSA) is 61.9 Å². The Hall–Kier alpha value is -3.80. The molecule has 38 heavy (non-hydrogen) atoms. The number of methoxy groups -OCH3 is 1. The highest BCUT2D eigenvalue weighted by Gasteiger charge is 2.27. The van der Waals surface area contributed by atoms with Crippen molar-refractivity contribution in [3.8, 4) is 5.75 Å². The fourth-order valence-electron chi connectivity index (χ4n) is 5.61. The van der Waals surface area contributed by atoms with Gasteiger partial charge >= 0.3 is 0 Å². The molecule has 6 heteroatoms. The van der Waals surface area contributed by atoms with Gasteiger partial charge in [-0.3, -0.25) is 9.59 Å². The number of hydrogen-bond acceptors (Lipinski definition) is 4. The van der Waals surface area contributed by atoms with Gasteiger partial charge in [0.1, 0.15) is 5.75 Å². The summed E-state index contributed by atoms with van der Waals surface area (Å²) < 4.78 is 5.20. The number of rotatable bonds is 8. The largest absolute Gasteiger partial charge is 0.497 e. The van der Waals surface area contributed by atoms with E-state index >= 15 is 0 Å². The average Bonchev–Trinajstić information content (AvgIpc) is 3.49. The van der Waals surface area contributed by atoms with Gasteiger partial charge in [-0.25, -0.2) is 0 Å². The molecule has 3 aromatic rings. The van der Waals surface area contributed by atoms with Gasteiger partial charge in [0.15, 0.2) is 0 Å². The van der Waals surface area contributed by atoms with Crippen LogP contribution in [0.25, 0.3) is 0 Å². The maximum atomic E-state index is 13.6. The summed E-state index contributed by atoms with van der Waals surface area (Å²) in [6.45, 7) is 3.46. The van der Waals surface area contributed by atoms with Crippen molar-refractivity contribution in [2.24, 2.45) is 5.92 Å². The highest BCUT2D eigenvalue weighted by molar-refractivity contribution is 6.02. The van der Waals surface area contributed by atoms with Gasteiger partial charge < -0.3 is 19.9 Å². The van der Waals surface area contributed by atoms with Crippen molar-refractivity contribution in [1.29, 1.82) is 0 Å². The summed E-state index contributed by atoms with van der Waals surface area (Å²) in [5.41, 5.74) is 4.63. The number of piperidine rings is 1. The Labute approximate surface area is 225 Å². The minimum absolute atomic E-state index is 0.0650. The number of likely N-dealkylation sites (tertiary alicyclic amines) is 1. The van der Waals surface area contributed by atoms with E-state index in [9.17, 15) is 9.59 Å². The summed E-state index contributed by atoms with van der Waals surface area (Å²) in [6.07, 6.45) is 5.66. The SMILES string of the molecule is COc1ccc(CC(=O)Nc2ccc(N3CCC(Cc4ccccc4)CC3)c(C(=O)N3CCCC3)c2)cc1. The van der Waals surface area contributed by atoms with Crippen molar-refractivity contribution < 1.29 is 14.3 Å². The van der Waals surface area contributed by atoms with E-state index in [4.69, 9.17) is 4.74 Å². The molecule has 0 bridgehead atoms. The molecule has 2 fully saturated rings. The molecular formula is C32H37N3O3. The Balaban J connectivity index is 1.29. The first kappa shape index (κ1) is 25.8. The molecule has 0 radical (unpaired) electrons. The zero-order chi connectivity index (χ0) is 26.3. The van der Waals surface area contributed by atoms with Crippen LogP contribution in [0.5, 0.6) is 5.75 Å². The van der Waals surface area contributed by atoms with Crippen LogP contribution in [0.2, 0.25) is 0 Å². The predicted octanol–water partition coefficient (Wildman–Crippen LogP) is 5.57. The van der Waals surface area contributed by atoms with Gasteiger partial charge in [0, 0.05) is 37.6 Å². The van der Waals surface area contributed by atoms with Crippen molar-refractivity contribution in [3.63, 3.8) is 0 Å². The maximum absolute atomic E-state index is 13.6. The van der Waals surface area contributed by atoms with Crippen LogP contribution in [0.15, 0.2) is 72.8 Å². The minimum atomic E-state index is -0.107. The highest BCUT2D eigenvalue weighted by atomic mass is 16.5. The number of ether oxygens (including phenoxy) is 1. The Kier molecular flexibility index (Phi) is 8.27. The Morgan fingerprint density at radius 3 is 2.26 bits per heavy atom. The van der Waals surface area contributed by atoms with Gasteiger partial charge in [-0.15, -0.1) is 0 Å². The highest BCUT2D eigenvalue weighted by Crippen LogP contribution is 2.31. The lowest BCUT2D eigenvalue weighted by molar-refractivity contribution is -0.115. The van der Waals surface area contributed by atoms with Crippen molar-refractivity contribution in [1.82, 2.24) is 4.90 Å². The number of nitrogens with one attached hydrogen (secondary N) is 1. The fourth-order valence-corrected chi connectivity index (χ4v) is 5.61. The molecule has 2 heterocycles. The van der Waals surface area contributed by atoms with Gasteiger partial charge in [-0.05, 0) is 79.5 Å². The number of amides is 2. The van der Waals surface area contributed by atoms with Crippen LogP contribution in [0.3, 0.4) is 0 Å². The monoisotopic (exact) mass is 511 g/mol. The lowest BCUT2D eigenvalue weighted by atomic mass is 9.89. The van der Waals surface area contributed by atoms with Gasteiger partial charge in [-0.2, -0.15) is 0 Å². The fraction of sp³-hybridized carbons (Fsp3) is 0.375. The van der Waals surface area contributed by atoms with E-state index in [0.29, 0.717) is 17.2 Å². The van der Waals surface area contributed by atoms with Crippen LogP contribution in [0, 0.1) is 5.92 Å². The van der Waals surface area contributed by atoms with Crippen molar-refractivity contribution in [3.05, 3.63) is 89.5 Å². The molecule has 2 saturated heterocycles. The normalized spacial score (nSPS) is 15.9. The standard InChI is InChI=1S/C32H37N3O3/c1-38-28-12-9-25(10-13-28)22-31(36)33-27-11-14-30(29(23-27)32(37)35-17-5-6-18-35)34-19-15-26(16-20-34)21-24-7-3-2-4-8-24/h2-4,7-14,23,26H,5-6,15-22H2,1H3,(H,33,36). The van der Waals surface area contributed by atoms with Crippen molar-refractivity contribution in [2.75, 3.05) is 43.5 Å². The molecule has 6 nitrogen and oxygen atoms in total. The van der Waals surface area contributed by atoms with Crippen LogP contribution in [0.1, 0.15) is 47.2 Å². The molecule has 198 valence electrons. The minimum Gasteiger partial charge on any atom is -0.497 e. The number of carbonyl (C=O) groups is 2. The summed E-state index contributed by atoms with van der Waals surface area (Å²) in [7, 11) is 1.62. The number of hydrogen-bond donors (Lipinski definition) is 1. The van der Waals surface area contributed by atoms with E-state index in [1.54, 1.807) is 7.11 Å². The van der Waals surface area contributed by atoms with Gasteiger partial charge in [-0.1, -0.05) is 42.5 Å². The number of carbonyl (C=O) groups excluding carboxylic acids is 2. The second-order valence-corrected chi connectivity index (χ2v) is 10.4. The molecule has 5 rings (SSSR count). The molecule has 3 aromatic carbocycles.